The molecule has 0 saturated heterocycles. The minimum absolute atomic E-state index is 0.0980. The molecule has 0 unspecified atom stereocenters. The summed E-state index contributed by atoms with van der Waals surface area (Å²) in [5.74, 6) is 0.739. The number of aromatic nitrogens is 1. The number of benzene rings is 1. The maximum atomic E-state index is 11.8. The van der Waals surface area contributed by atoms with Gasteiger partial charge in [-0.15, -0.1) is 0 Å². The zero-order valence-corrected chi connectivity index (χ0v) is 12.2. The van der Waals surface area contributed by atoms with Crippen LogP contribution in [0.3, 0.4) is 0 Å². The Kier molecular flexibility index (Phi) is 4.63. The maximum absolute atomic E-state index is 11.8. The largest absolute Gasteiger partial charge is 0.497 e. The van der Waals surface area contributed by atoms with E-state index in [9.17, 15) is 4.79 Å². The second kappa shape index (κ2) is 6.43. The minimum atomic E-state index is -0.0980. The number of halogens is 1. The van der Waals surface area contributed by atoms with Gasteiger partial charge >= 0.3 is 0 Å². The summed E-state index contributed by atoms with van der Waals surface area (Å²) in [4.78, 5) is 14.7. The number of rotatable bonds is 5. The first-order valence-corrected chi connectivity index (χ1v) is 6.73. The summed E-state index contributed by atoms with van der Waals surface area (Å²) in [6.45, 7) is 0.599. The second-order valence-electron chi connectivity index (χ2n) is 4.09. The van der Waals surface area contributed by atoms with E-state index in [-0.39, 0.29) is 5.91 Å². The van der Waals surface area contributed by atoms with Crippen LogP contribution in [0.5, 0.6) is 5.75 Å². The summed E-state index contributed by atoms with van der Waals surface area (Å²) in [5, 5.41) is 2.87. The van der Waals surface area contributed by atoms with Crippen molar-refractivity contribution in [3.8, 4) is 5.75 Å². The van der Waals surface area contributed by atoms with Gasteiger partial charge in [-0.05, 0) is 46.1 Å². The number of methoxy groups -OCH3 is 1. The van der Waals surface area contributed by atoms with Crippen LogP contribution in [0.25, 0.3) is 0 Å². The number of amides is 1. The molecule has 1 heterocycles. The molecule has 5 heteroatoms. The molecule has 0 aliphatic rings. The summed E-state index contributed by atoms with van der Waals surface area (Å²) in [6, 6.07) is 9.58. The Balaban J connectivity index is 1.81. The van der Waals surface area contributed by atoms with Crippen molar-refractivity contribution in [1.82, 2.24) is 10.3 Å². The number of hydrogen-bond donors (Lipinski definition) is 2. The maximum Gasteiger partial charge on any atom is 0.267 e. The lowest BCUT2D eigenvalue weighted by Crippen LogP contribution is -2.25. The molecule has 0 spiro atoms. The molecule has 100 valence electrons. The van der Waals surface area contributed by atoms with Gasteiger partial charge in [0.15, 0.2) is 0 Å². The summed E-state index contributed by atoms with van der Waals surface area (Å²) in [5.41, 5.74) is 1.72. The first kappa shape index (κ1) is 13.7. The molecule has 2 N–H and O–H groups in total. The molecule has 0 fully saturated rings. The van der Waals surface area contributed by atoms with Gasteiger partial charge in [0.1, 0.15) is 11.4 Å². The minimum Gasteiger partial charge on any atom is -0.497 e. The zero-order valence-electron chi connectivity index (χ0n) is 10.6. The molecule has 1 aromatic carbocycles. The van der Waals surface area contributed by atoms with Gasteiger partial charge in [-0.3, -0.25) is 4.79 Å². The van der Waals surface area contributed by atoms with E-state index in [1.54, 1.807) is 19.4 Å². The fraction of sp³-hybridized carbons (Fsp3) is 0.214. The Morgan fingerprint density at radius 1 is 1.37 bits per heavy atom. The fourth-order valence-electron chi connectivity index (χ4n) is 1.71. The molecule has 19 heavy (non-hydrogen) atoms. The normalized spacial score (nSPS) is 10.2. The number of carbonyl (C=O) groups excluding carboxylic acids is 1. The number of ether oxygens (including phenoxy) is 1. The molecule has 0 bridgehead atoms. The summed E-state index contributed by atoms with van der Waals surface area (Å²) < 4.78 is 5.96. The Bertz CT molecular complexity index is 549. The highest BCUT2D eigenvalue weighted by molar-refractivity contribution is 9.10. The Hall–Kier alpha value is -1.75. The van der Waals surface area contributed by atoms with E-state index in [0.29, 0.717) is 12.2 Å². The monoisotopic (exact) mass is 322 g/mol. The highest BCUT2D eigenvalue weighted by Gasteiger charge is 2.06. The highest BCUT2D eigenvalue weighted by Crippen LogP contribution is 2.12. The zero-order chi connectivity index (χ0) is 13.7. The number of nitrogens with one attached hydrogen (secondary N) is 2. The van der Waals surface area contributed by atoms with E-state index in [1.807, 2.05) is 24.3 Å². The number of hydrogen-bond acceptors (Lipinski definition) is 2. The van der Waals surface area contributed by atoms with Gasteiger partial charge < -0.3 is 15.0 Å². The van der Waals surface area contributed by atoms with Gasteiger partial charge in [0.2, 0.25) is 0 Å². The summed E-state index contributed by atoms with van der Waals surface area (Å²) in [7, 11) is 1.64. The van der Waals surface area contributed by atoms with Crippen molar-refractivity contribution >= 4 is 21.8 Å². The first-order chi connectivity index (χ1) is 9.19. The molecule has 0 atom stereocenters. The number of aromatic amines is 1. The quantitative estimate of drug-likeness (QED) is 0.889. The van der Waals surface area contributed by atoms with Crippen LogP contribution >= 0.6 is 15.9 Å². The molecule has 0 aliphatic heterocycles. The van der Waals surface area contributed by atoms with Crippen molar-refractivity contribution in [2.24, 2.45) is 0 Å². The van der Waals surface area contributed by atoms with Gasteiger partial charge in [-0.25, -0.2) is 0 Å². The van der Waals surface area contributed by atoms with Crippen molar-refractivity contribution in [1.29, 1.82) is 0 Å². The van der Waals surface area contributed by atoms with E-state index in [0.717, 1.165) is 22.2 Å². The molecule has 0 radical (unpaired) electrons. The van der Waals surface area contributed by atoms with E-state index in [2.05, 4.69) is 26.2 Å². The molecule has 0 saturated carbocycles. The summed E-state index contributed by atoms with van der Waals surface area (Å²) >= 11 is 3.30. The van der Waals surface area contributed by atoms with Crippen LogP contribution in [-0.2, 0) is 6.42 Å². The van der Waals surface area contributed by atoms with Gasteiger partial charge in [0.05, 0.1) is 7.11 Å². The summed E-state index contributed by atoms with van der Waals surface area (Å²) in [6.07, 6.45) is 2.52. The van der Waals surface area contributed by atoms with Gasteiger partial charge in [0, 0.05) is 17.2 Å². The third-order valence-corrected chi connectivity index (χ3v) is 3.21. The third kappa shape index (κ3) is 3.86. The van der Waals surface area contributed by atoms with Crippen LogP contribution < -0.4 is 10.1 Å². The van der Waals surface area contributed by atoms with Crippen molar-refractivity contribution in [2.45, 2.75) is 6.42 Å². The Morgan fingerprint density at radius 2 is 2.11 bits per heavy atom. The Labute approximate surface area is 120 Å². The molecule has 2 rings (SSSR count). The van der Waals surface area contributed by atoms with Crippen molar-refractivity contribution < 1.29 is 9.53 Å². The molecule has 1 amide bonds. The lowest BCUT2D eigenvalue weighted by atomic mass is 10.1. The average Bonchev–Trinajstić information content (AvgIpc) is 2.86. The fourth-order valence-corrected chi connectivity index (χ4v) is 2.05. The van der Waals surface area contributed by atoms with Crippen LogP contribution in [0.4, 0.5) is 0 Å². The van der Waals surface area contributed by atoms with Crippen LogP contribution in [0.1, 0.15) is 16.1 Å². The molecule has 0 aliphatic carbocycles. The topological polar surface area (TPSA) is 54.1 Å². The molecule has 1 aromatic heterocycles. The molecular formula is C14H15BrN2O2. The van der Waals surface area contributed by atoms with Crippen LogP contribution in [0, 0.1) is 0 Å². The smallest absolute Gasteiger partial charge is 0.267 e. The lowest BCUT2D eigenvalue weighted by Gasteiger charge is -2.05. The van der Waals surface area contributed by atoms with E-state index < -0.39 is 0 Å². The van der Waals surface area contributed by atoms with Crippen molar-refractivity contribution in [3.63, 3.8) is 0 Å². The predicted molar refractivity (Wildman–Crippen MR) is 77.5 cm³/mol. The lowest BCUT2D eigenvalue weighted by molar-refractivity contribution is 0.0950. The van der Waals surface area contributed by atoms with E-state index >= 15 is 0 Å². The standard InChI is InChI=1S/C14H15BrN2O2/c1-19-12-4-2-10(3-5-12)6-7-16-14(18)13-8-11(15)9-17-13/h2-5,8-9,17H,6-7H2,1H3,(H,16,18). The van der Waals surface area contributed by atoms with Crippen LogP contribution in [-0.4, -0.2) is 24.5 Å². The van der Waals surface area contributed by atoms with E-state index in [1.165, 1.54) is 0 Å². The second-order valence-corrected chi connectivity index (χ2v) is 5.00. The third-order valence-electron chi connectivity index (χ3n) is 2.75. The molecule has 2 aromatic rings. The van der Waals surface area contributed by atoms with Crippen LogP contribution in [0.2, 0.25) is 0 Å². The van der Waals surface area contributed by atoms with Crippen LogP contribution in [0.15, 0.2) is 41.0 Å². The molecular weight excluding hydrogens is 308 g/mol. The SMILES string of the molecule is COc1ccc(CCNC(=O)c2cc(Br)c[nH]2)cc1. The van der Waals surface area contributed by atoms with Gasteiger partial charge in [0.25, 0.3) is 5.91 Å². The predicted octanol–water partition coefficient (Wildman–Crippen LogP) is 2.76. The van der Waals surface area contributed by atoms with E-state index in [4.69, 9.17) is 4.74 Å². The van der Waals surface area contributed by atoms with Crippen molar-refractivity contribution in [2.75, 3.05) is 13.7 Å². The first-order valence-electron chi connectivity index (χ1n) is 5.94. The number of H-pyrrole nitrogens is 1. The van der Waals surface area contributed by atoms with Gasteiger partial charge in [-0.2, -0.15) is 0 Å². The number of carbonyl (C=O) groups is 1. The molecule has 4 nitrogen and oxygen atoms in total. The average molecular weight is 323 g/mol. The van der Waals surface area contributed by atoms with Gasteiger partial charge in [-0.1, -0.05) is 12.1 Å². The Morgan fingerprint density at radius 3 is 2.68 bits per heavy atom. The van der Waals surface area contributed by atoms with Crippen molar-refractivity contribution in [3.05, 3.63) is 52.3 Å². The highest BCUT2D eigenvalue weighted by atomic mass is 79.9.